The normalized spacial score (nSPS) is 17.2. The van der Waals surface area contributed by atoms with Crippen LogP contribution in [0.4, 0.5) is 0 Å². The van der Waals surface area contributed by atoms with E-state index in [2.05, 4.69) is 14.9 Å². The molecule has 10 heteroatoms. The molecule has 0 bridgehead atoms. The van der Waals surface area contributed by atoms with Crippen molar-refractivity contribution < 1.29 is 17.9 Å². The van der Waals surface area contributed by atoms with Crippen LogP contribution in [-0.2, 0) is 34.3 Å². The summed E-state index contributed by atoms with van der Waals surface area (Å²) in [6.45, 7) is 6.99. The van der Waals surface area contributed by atoms with Gasteiger partial charge in [0.15, 0.2) is 0 Å². The number of aromatic amines is 1. The average molecular weight is 467 g/mol. The number of hydrogen-bond donors (Lipinski definition) is 1. The third-order valence-corrected chi connectivity index (χ3v) is 9.58. The van der Waals surface area contributed by atoms with Crippen LogP contribution in [0.1, 0.15) is 58.4 Å². The van der Waals surface area contributed by atoms with Crippen LogP contribution in [0.15, 0.2) is 10.5 Å². The maximum atomic E-state index is 13.6. The predicted octanol–water partition coefficient (Wildman–Crippen LogP) is 2.94. The van der Waals surface area contributed by atoms with Crippen molar-refractivity contribution >= 4 is 27.3 Å². The summed E-state index contributed by atoms with van der Waals surface area (Å²) in [5, 5.41) is 0. The molecule has 1 aliphatic carbocycles. The lowest BCUT2D eigenvalue weighted by Crippen LogP contribution is -2.34. The summed E-state index contributed by atoms with van der Waals surface area (Å²) in [5.74, 6) is -0.124. The Morgan fingerprint density at radius 3 is 2.81 bits per heavy atom. The Labute approximate surface area is 187 Å². The van der Waals surface area contributed by atoms with Crippen molar-refractivity contribution in [2.45, 2.75) is 56.8 Å². The first-order valence-electron chi connectivity index (χ1n) is 10.8. The Hall–Kier alpha value is -1.75. The van der Waals surface area contributed by atoms with Gasteiger partial charge in [-0.3, -0.25) is 4.90 Å². The Morgan fingerprint density at radius 1 is 1.42 bits per heavy atom. The van der Waals surface area contributed by atoms with E-state index in [1.165, 1.54) is 18.4 Å². The Balaban J connectivity index is 1.67. The summed E-state index contributed by atoms with van der Waals surface area (Å²) < 4.78 is 34.0. The number of fused-ring (bicyclic) bond motifs is 1. The van der Waals surface area contributed by atoms with Crippen LogP contribution in [0.2, 0.25) is 0 Å². The van der Waals surface area contributed by atoms with Crippen molar-refractivity contribution in [1.82, 2.24) is 19.2 Å². The first kappa shape index (κ1) is 22.4. The highest BCUT2D eigenvalue weighted by Gasteiger charge is 2.38. The summed E-state index contributed by atoms with van der Waals surface area (Å²) in [6.07, 6.45) is 5.19. The predicted molar refractivity (Wildman–Crippen MR) is 119 cm³/mol. The molecule has 1 N–H and O–H groups in total. The number of imidazole rings is 1. The van der Waals surface area contributed by atoms with E-state index in [1.54, 1.807) is 10.6 Å². The van der Waals surface area contributed by atoms with Gasteiger partial charge >= 0.3 is 5.97 Å². The molecule has 4 rings (SSSR count). The zero-order chi connectivity index (χ0) is 22.2. The molecule has 1 saturated carbocycles. The number of carbonyl (C=O) groups excluding carboxylic acids is 1. The fourth-order valence-electron chi connectivity index (χ4n) is 4.08. The largest absolute Gasteiger partial charge is 0.465 e. The van der Waals surface area contributed by atoms with Crippen molar-refractivity contribution in [2.75, 3.05) is 26.7 Å². The van der Waals surface area contributed by atoms with E-state index in [1.807, 2.05) is 13.8 Å². The minimum atomic E-state index is -3.76. The third kappa shape index (κ3) is 4.57. The highest BCUT2D eigenvalue weighted by Crippen LogP contribution is 2.39. The molecule has 8 nitrogen and oxygen atoms in total. The molecule has 0 aromatic carbocycles. The topological polar surface area (TPSA) is 95.6 Å². The van der Waals surface area contributed by atoms with Gasteiger partial charge in [-0.05, 0) is 44.1 Å². The van der Waals surface area contributed by atoms with Gasteiger partial charge in [-0.25, -0.2) is 18.2 Å². The minimum Gasteiger partial charge on any atom is -0.465 e. The lowest BCUT2D eigenvalue weighted by molar-refractivity contribution is 0.0595. The quantitative estimate of drug-likeness (QED) is 0.571. The number of nitrogens with zero attached hydrogens (tertiary/aromatic N) is 3. The van der Waals surface area contributed by atoms with Gasteiger partial charge in [0.2, 0.25) is 0 Å². The molecule has 2 aromatic heterocycles. The summed E-state index contributed by atoms with van der Waals surface area (Å²) in [6, 6.07) is 0. The zero-order valence-corrected chi connectivity index (χ0v) is 19.9. The number of carbonyl (C=O) groups is 1. The SMILES string of the molecule is CCCN(CC1CC1)S(=O)(=O)c1sc2c(c1C(=O)OC)CCN(Cc1nc[nH]c1C)C2. The van der Waals surface area contributed by atoms with Crippen molar-refractivity contribution in [3.05, 3.63) is 33.7 Å². The van der Waals surface area contributed by atoms with Crippen LogP contribution in [0.25, 0.3) is 0 Å². The molecule has 0 spiro atoms. The number of ether oxygens (including phenoxy) is 1. The fourth-order valence-corrected chi connectivity index (χ4v) is 7.75. The van der Waals surface area contributed by atoms with E-state index in [9.17, 15) is 13.2 Å². The van der Waals surface area contributed by atoms with E-state index in [4.69, 9.17) is 4.74 Å². The van der Waals surface area contributed by atoms with Crippen LogP contribution in [0.3, 0.4) is 0 Å². The van der Waals surface area contributed by atoms with Gasteiger partial charge in [0.05, 0.1) is 24.7 Å². The number of rotatable bonds is 9. The number of thiophene rings is 1. The van der Waals surface area contributed by atoms with E-state index in [0.717, 1.165) is 47.6 Å². The lowest BCUT2D eigenvalue weighted by Gasteiger charge is -2.26. The maximum absolute atomic E-state index is 13.6. The monoisotopic (exact) mass is 466 g/mol. The van der Waals surface area contributed by atoms with Gasteiger partial charge in [-0.2, -0.15) is 4.31 Å². The third-order valence-electron chi connectivity index (χ3n) is 6.01. The second-order valence-electron chi connectivity index (χ2n) is 8.40. The highest BCUT2D eigenvalue weighted by molar-refractivity contribution is 7.91. The number of sulfonamides is 1. The molecule has 2 aliphatic rings. The summed E-state index contributed by atoms with van der Waals surface area (Å²) in [5.41, 5.74) is 3.09. The summed E-state index contributed by atoms with van der Waals surface area (Å²) in [4.78, 5) is 23.3. The number of esters is 1. The Morgan fingerprint density at radius 2 is 2.19 bits per heavy atom. The molecule has 31 heavy (non-hydrogen) atoms. The van der Waals surface area contributed by atoms with E-state index in [-0.39, 0.29) is 9.77 Å². The highest BCUT2D eigenvalue weighted by atomic mass is 32.2. The number of methoxy groups -OCH3 is 1. The van der Waals surface area contributed by atoms with Gasteiger partial charge in [0.1, 0.15) is 4.21 Å². The van der Waals surface area contributed by atoms with Gasteiger partial charge in [0.25, 0.3) is 10.0 Å². The lowest BCUT2D eigenvalue weighted by atomic mass is 10.0. The van der Waals surface area contributed by atoms with Crippen LogP contribution < -0.4 is 0 Å². The van der Waals surface area contributed by atoms with Gasteiger partial charge in [-0.15, -0.1) is 11.3 Å². The first-order valence-corrected chi connectivity index (χ1v) is 13.0. The van der Waals surface area contributed by atoms with Crippen LogP contribution in [0, 0.1) is 12.8 Å². The van der Waals surface area contributed by atoms with Crippen LogP contribution in [0.5, 0.6) is 0 Å². The van der Waals surface area contributed by atoms with E-state index in [0.29, 0.717) is 38.5 Å². The number of H-pyrrole nitrogens is 1. The van der Waals surface area contributed by atoms with Crippen molar-refractivity contribution in [3.63, 3.8) is 0 Å². The smallest absolute Gasteiger partial charge is 0.340 e. The van der Waals surface area contributed by atoms with Gasteiger partial charge in [-0.1, -0.05) is 6.92 Å². The Bertz CT molecular complexity index is 1060. The Kier molecular flexibility index (Phi) is 6.52. The molecule has 0 amide bonds. The minimum absolute atomic E-state index is 0.149. The zero-order valence-electron chi connectivity index (χ0n) is 18.3. The summed E-state index contributed by atoms with van der Waals surface area (Å²) in [7, 11) is -2.45. The molecule has 0 atom stereocenters. The average Bonchev–Trinajstić information content (AvgIpc) is 3.35. The van der Waals surface area contributed by atoms with Crippen LogP contribution in [-0.4, -0.2) is 60.3 Å². The number of aryl methyl sites for hydroxylation is 1. The second kappa shape index (κ2) is 9.01. The molecule has 1 aliphatic heterocycles. The molecule has 170 valence electrons. The van der Waals surface area contributed by atoms with Crippen molar-refractivity contribution in [2.24, 2.45) is 5.92 Å². The molecule has 0 saturated heterocycles. The summed E-state index contributed by atoms with van der Waals surface area (Å²) >= 11 is 1.23. The molecule has 0 unspecified atom stereocenters. The molecular formula is C21H30N4O4S2. The molecule has 3 heterocycles. The number of nitrogens with one attached hydrogen (secondary N) is 1. The fraction of sp³-hybridized carbons (Fsp3) is 0.619. The van der Waals surface area contributed by atoms with Crippen molar-refractivity contribution in [1.29, 1.82) is 0 Å². The van der Waals surface area contributed by atoms with Crippen molar-refractivity contribution in [3.8, 4) is 0 Å². The number of hydrogen-bond acceptors (Lipinski definition) is 7. The molecular weight excluding hydrogens is 436 g/mol. The second-order valence-corrected chi connectivity index (χ2v) is 11.6. The first-order chi connectivity index (χ1) is 14.8. The number of aromatic nitrogens is 2. The molecule has 0 radical (unpaired) electrons. The van der Waals surface area contributed by atoms with E-state index < -0.39 is 16.0 Å². The standard InChI is InChI=1S/C21H30N4O4S2/c1-4-8-25(10-15-5-6-15)31(27,28)21-19(20(26)29-3)16-7-9-24(12-18(16)30-21)11-17-14(2)22-13-23-17/h13,15H,4-12H2,1-3H3,(H,22,23). The van der Waals surface area contributed by atoms with E-state index >= 15 is 0 Å². The maximum Gasteiger partial charge on any atom is 0.340 e. The molecule has 1 fully saturated rings. The molecule has 2 aromatic rings. The van der Waals surface area contributed by atoms with Crippen LogP contribution >= 0.6 is 11.3 Å². The van der Waals surface area contributed by atoms with Gasteiger partial charge < -0.3 is 9.72 Å². The van der Waals surface area contributed by atoms with Gasteiger partial charge in [0, 0.05) is 43.3 Å².